The van der Waals surface area contributed by atoms with Crippen LogP contribution in [0.5, 0.6) is 0 Å². The third-order valence-electron chi connectivity index (χ3n) is 14.5. The van der Waals surface area contributed by atoms with Gasteiger partial charge in [-0.2, -0.15) is 0 Å². The van der Waals surface area contributed by atoms with E-state index in [1.807, 2.05) is 0 Å². The van der Waals surface area contributed by atoms with E-state index in [-0.39, 0.29) is 10.8 Å². The Hall–Kier alpha value is -7.23. The summed E-state index contributed by atoms with van der Waals surface area (Å²) in [7, 11) is 0. The third-order valence-corrected chi connectivity index (χ3v) is 14.5. The molecule has 62 heavy (non-hydrogen) atoms. The van der Waals surface area contributed by atoms with E-state index in [9.17, 15) is 0 Å². The first-order chi connectivity index (χ1) is 30.2. The molecule has 0 saturated carbocycles. The molecular formula is C59H45N3. The Balaban J connectivity index is 1.24. The zero-order valence-corrected chi connectivity index (χ0v) is 35.5. The minimum absolute atomic E-state index is 0.00348. The van der Waals surface area contributed by atoms with Gasteiger partial charge in [-0.15, -0.1) is 0 Å². The summed E-state index contributed by atoms with van der Waals surface area (Å²) >= 11 is 0. The van der Waals surface area contributed by atoms with Crippen molar-refractivity contribution in [2.75, 3.05) is 0 Å². The second-order valence-corrected chi connectivity index (χ2v) is 19.0. The van der Waals surface area contributed by atoms with E-state index in [1.165, 1.54) is 93.6 Å². The summed E-state index contributed by atoms with van der Waals surface area (Å²) in [6, 6.07) is 65.4. The molecule has 1 aliphatic rings. The molecule has 0 N–H and O–H groups in total. The van der Waals surface area contributed by atoms with Crippen LogP contribution < -0.4 is 0 Å². The van der Waals surface area contributed by atoms with Crippen LogP contribution in [0.15, 0.2) is 176 Å². The Labute approximate surface area is 360 Å². The number of fused-ring (bicyclic) bond motifs is 14. The van der Waals surface area contributed by atoms with Crippen molar-refractivity contribution in [3.63, 3.8) is 0 Å². The van der Waals surface area contributed by atoms with Crippen LogP contribution in [-0.4, -0.2) is 14.1 Å². The third kappa shape index (κ3) is 4.97. The molecule has 0 amide bonds. The Morgan fingerprint density at radius 3 is 1.92 bits per heavy atom. The first-order valence-corrected chi connectivity index (χ1v) is 22.1. The molecular weight excluding hydrogens is 751 g/mol. The summed E-state index contributed by atoms with van der Waals surface area (Å²) in [5.74, 6) is 0.951. The zero-order valence-electron chi connectivity index (χ0n) is 35.5. The molecule has 0 radical (unpaired) electrons. The number of rotatable bonds is 3. The molecule has 0 aliphatic heterocycles. The Kier molecular flexibility index (Phi) is 7.25. The predicted molar refractivity (Wildman–Crippen MR) is 264 cm³/mol. The smallest absolute Gasteiger partial charge is 0.146 e. The average molecular weight is 796 g/mol. The molecule has 1 aliphatic carbocycles. The van der Waals surface area contributed by atoms with Gasteiger partial charge in [-0.1, -0.05) is 155 Å². The zero-order chi connectivity index (χ0) is 41.5. The van der Waals surface area contributed by atoms with Crippen molar-refractivity contribution in [1.82, 2.24) is 14.1 Å². The number of hydrogen-bond acceptors (Lipinski definition) is 1. The van der Waals surface area contributed by atoms with Gasteiger partial charge in [-0.05, 0) is 121 Å². The number of para-hydroxylation sites is 1. The van der Waals surface area contributed by atoms with Crippen LogP contribution in [0, 0.1) is 0 Å². The van der Waals surface area contributed by atoms with Crippen molar-refractivity contribution >= 4 is 86.8 Å². The molecule has 0 unspecified atom stereocenters. The highest BCUT2D eigenvalue weighted by Crippen LogP contribution is 2.52. The Bertz CT molecular complexity index is 3860. The molecule has 13 rings (SSSR count). The van der Waals surface area contributed by atoms with Crippen LogP contribution in [-0.2, 0) is 10.8 Å². The van der Waals surface area contributed by atoms with Crippen LogP contribution in [0.4, 0.5) is 0 Å². The summed E-state index contributed by atoms with van der Waals surface area (Å²) in [6.45, 7) is 9.82. The number of hydrogen-bond donors (Lipinski definition) is 0. The maximum atomic E-state index is 5.59. The van der Waals surface area contributed by atoms with Gasteiger partial charge in [-0.25, -0.2) is 4.98 Å². The largest absolute Gasteiger partial charge is 0.309 e. The van der Waals surface area contributed by atoms with E-state index < -0.39 is 0 Å². The lowest BCUT2D eigenvalue weighted by Gasteiger charge is -2.42. The predicted octanol–water partition coefficient (Wildman–Crippen LogP) is 15.9. The molecule has 296 valence electrons. The number of nitrogens with zero attached hydrogens (tertiary/aromatic N) is 3. The van der Waals surface area contributed by atoms with E-state index in [0.29, 0.717) is 0 Å². The fourth-order valence-corrected chi connectivity index (χ4v) is 11.3. The molecule has 9 aromatic carbocycles. The molecule has 0 fully saturated rings. The van der Waals surface area contributed by atoms with E-state index in [2.05, 4.69) is 213 Å². The number of aromatic nitrogens is 3. The maximum absolute atomic E-state index is 5.59. The fraction of sp³-hybridized carbons (Fsp3) is 0.136. The summed E-state index contributed by atoms with van der Waals surface area (Å²) in [6.07, 6.45) is 2.31. The normalized spacial score (nSPS) is 14.9. The molecule has 0 spiro atoms. The highest BCUT2D eigenvalue weighted by atomic mass is 15.1. The van der Waals surface area contributed by atoms with Gasteiger partial charge in [-0.3, -0.25) is 4.57 Å². The molecule has 3 heteroatoms. The summed E-state index contributed by atoms with van der Waals surface area (Å²) in [5.41, 5.74) is 12.4. The van der Waals surface area contributed by atoms with Gasteiger partial charge in [0, 0.05) is 38.0 Å². The topological polar surface area (TPSA) is 22.8 Å². The van der Waals surface area contributed by atoms with Crippen LogP contribution in [0.2, 0.25) is 0 Å². The molecule has 0 atom stereocenters. The van der Waals surface area contributed by atoms with Crippen molar-refractivity contribution < 1.29 is 0 Å². The van der Waals surface area contributed by atoms with Gasteiger partial charge in [0.2, 0.25) is 0 Å². The SMILES string of the molecule is CC1(C)CCC(C)(C)c2c1ccc1c2c2cc3c4cc5ccc6ccccc6c5cc4n(-c4nc5ccccc5c5ccccc45)c3cc2n1-c1cccc(-c2ccccc2)c1. The summed E-state index contributed by atoms with van der Waals surface area (Å²) in [4.78, 5) is 5.59. The second-order valence-electron chi connectivity index (χ2n) is 19.0. The van der Waals surface area contributed by atoms with E-state index in [4.69, 9.17) is 4.98 Å². The number of benzene rings is 9. The highest BCUT2D eigenvalue weighted by molar-refractivity contribution is 6.24. The lowest BCUT2D eigenvalue weighted by molar-refractivity contribution is 0.334. The fourth-order valence-electron chi connectivity index (χ4n) is 11.3. The van der Waals surface area contributed by atoms with E-state index >= 15 is 0 Å². The van der Waals surface area contributed by atoms with Crippen molar-refractivity contribution in [2.24, 2.45) is 0 Å². The quantitative estimate of drug-likeness (QED) is 0.163. The van der Waals surface area contributed by atoms with E-state index in [1.54, 1.807) is 0 Å². The van der Waals surface area contributed by atoms with Crippen LogP contribution in [0.25, 0.3) is 109 Å². The molecule has 3 aromatic heterocycles. The first kappa shape index (κ1) is 35.5. The second kappa shape index (κ2) is 12.7. The highest BCUT2D eigenvalue weighted by Gasteiger charge is 2.39. The Morgan fingerprint density at radius 1 is 0.403 bits per heavy atom. The van der Waals surface area contributed by atoms with Crippen molar-refractivity contribution in [1.29, 1.82) is 0 Å². The maximum Gasteiger partial charge on any atom is 0.146 e. The molecule has 0 bridgehead atoms. The minimum atomic E-state index is 0.00348. The molecule has 12 aromatic rings. The van der Waals surface area contributed by atoms with Crippen molar-refractivity contribution in [3.8, 4) is 22.6 Å². The van der Waals surface area contributed by atoms with Crippen molar-refractivity contribution in [2.45, 2.75) is 51.4 Å². The lowest BCUT2D eigenvalue weighted by Crippen LogP contribution is -2.34. The standard InChI is InChI=1S/C59H45N3/c1-58(2)29-30-59(3,4)56-49(58)27-28-51-55(56)48-33-47-46-32-39-26-25-37-17-8-9-20-41(37)45(39)34-52(46)62(57-44-23-11-10-21-42(44)43-22-12-13-24-50(43)60-57)53(47)35-54(48)61(51)40-19-14-18-38(31-40)36-15-6-5-7-16-36/h5-28,31-35H,29-30H2,1-4H3. The number of pyridine rings is 1. The minimum Gasteiger partial charge on any atom is -0.309 e. The average Bonchev–Trinajstić information content (AvgIpc) is 3.80. The summed E-state index contributed by atoms with van der Waals surface area (Å²) < 4.78 is 5.03. The lowest BCUT2D eigenvalue weighted by atomic mass is 9.62. The van der Waals surface area contributed by atoms with E-state index in [0.717, 1.165) is 39.9 Å². The van der Waals surface area contributed by atoms with Gasteiger partial charge in [0.1, 0.15) is 5.82 Å². The van der Waals surface area contributed by atoms with Crippen LogP contribution in [0.3, 0.4) is 0 Å². The van der Waals surface area contributed by atoms with Gasteiger partial charge in [0.25, 0.3) is 0 Å². The van der Waals surface area contributed by atoms with Gasteiger partial charge < -0.3 is 4.57 Å². The molecule has 0 saturated heterocycles. The first-order valence-electron chi connectivity index (χ1n) is 22.1. The summed E-state index contributed by atoms with van der Waals surface area (Å²) in [5, 5.41) is 13.7. The Morgan fingerprint density at radius 2 is 1.06 bits per heavy atom. The molecule has 3 nitrogen and oxygen atoms in total. The van der Waals surface area contributed by atoms with Gasteiger partial charge in [0.15, 0.2) is 0 Å². The molecule has 3 heterocycles. The van der Waals surface area contributed by atoms with Crippen LogP contribution in [0.1, 0.15) is 51.7 Å². The van der Waals surface area contributed by atoms with Crippen LogP contribution >= 0.6 is 0 Å². The van der Waals surface area contributed by atoms with Gasteiger partial charge >= 0.3 is 0 Å². The van der Waals surface area contributed by atoms with Gasteiger partial charge in [0.05, 0.1) is 27.6 Å². The monoisotopic (exact) mass is 795 g/mol. The van der Waals surface area contributed by atoms with Crippen molar-refractivity contribution in [3.05, 3.63) is 187 Å².